The summed E-state index contributed by atoms with van der Waals surface area (Å²) in [4.78, 5) is 14.9. The third-order valence-electron chi connectivity index (χ3n) is 6.14. The first-order valence-corrected chi connectivity index (χ1v) is 10.9. The van der Waals surface area contributed by atoms with Crippen LogP contribution < -0.4 is 5.32 Å². The Bertz CT molecular complexity index is 846. The number of piperidine rings is 1. The normalized spacial score (nSPS) is 20.5. The van der Waals surface area contributed by atoms with Gasteiger partial charge in [0.05, 0.1) is 38.0 Å². The lowest BCUT2D eigenvalue weighted by Crippen LogP contribution is -2.50. The van der Waals surface area contributed by atoms with Gasteiger partial charge in [-0.2, -0.15) is 5.10 Å². The molecule has 7 heteroatoms. The third kappa shape index (κ3) is 4.91. The number of carbonyl (C=O) groups is 1. The number of aromatic nitrogens is 2. The molecule has 162 valence electrons. The fraction of sp³-hybridized carbons (Fsp3) is 0.565. The largest absolute Gasteiger partial charge is 0.351 e. The van der Waals surface area contributed by atoms with Crippen molar-refractivity contribution in [3.8, 4) is 0 Å². The van der Waals surface area contributed by atoms with Gasteiger partial charge < -0.3 is 14.8 Å². The van der Waals surface area contributed by atoms with Crippen LogP contribution in [0.25, 0.3) is 0 Å². The van der Waals surface area contributed by atoms with Crippen molar-refractivity contribution in [3.63, 3.8) is 0 Å². The Morgan fingerprint density at radius 3 is 2.70 bits per heavy atom. The van der Waals surface area contributed by atoms with Crippen molar-refractivity contribution in [2.75, 3.05) is 26.3 Å². The Hall–Kier alpha value is -2.22. The second-order valence-corrected chi connectivity index (χ2v) is 8.21. The second kappa shape index (κ2) is 9.73. The van der Waals surface area contributed by atoms with E-state index >= 15 is 0 Å². The van der Waals surface area contributed by atoms with E-state index in [1.54, 1.807) is 0 Å². The summed E-state index contributed by atoms with van der Waals surface area (Å²) in [6.45, 7) is 7.89. The summed E-state index contributed by atoms with van der Waals surface area (Å²) in [5.74, 6) is 0.0366. The lowest BCUT2D eigenvalue weighted by molar-refractivity contribution is -0.131. The topological polar surface area (TPSA) is 68.6 Å². The van der Waals surface area contributed by atoms with Crippen LogP contribution >= 0.6 is 0 Å². The maximum atomic E-state index is 12.7. The molecule has 1 N–H and O–H groups in total. The summed E-state index contributed by atoms with van der Waals surface area (Å²) in [6, 6.07) is 10.5. The fourth-order valence-electron chi connectivity index (χ4n) is 4.45. The van der Waals surface area contributed by atoms with Crippen LogP contribution in [0.3, 0.4) is 0 Å². The van der Waals surface area contributed by atoms with E-state index in [4.69, 9.17) is 9.47 Å². The summed E-state index contributed by atoms with van der Waals surface area (Å²) < 4.78 is 13.4. The van der Waals surface area contributed by atoms with E-state index in [-0.39, 0.29) is 18.2 Å². The van der Waals surface area contributed by atoms with Crippen LogP contribution in [-0.2, 0) is 27.4 Å². The van der Waals surface area contributed by atoms with Gasteiger partial charge in [0.25, 0.3) is 0 Å². The predicted octanol–water partition coefficient (Wildman–Crippen LogP) is 2.39. The van der Waals surface area contributed by atoms with Crippen molar-refractivity contribution in [2.45, 2.75) is 58.5 Å². The van der Waals surface area contributed by atoms with Gasteiger partial charge in [-0.15, -0.1) is 0 Å². The molecule has 2 aliphatic rings. The van der Waals surface area contributed by atoms with Crippen LogP contribution in [0, 0.1) is 13.8 Å². The highest BCUT2D eigenvalue weighted by molar-refractivity contribution is 5.78. The highest BCUT2D eigenvalue weighted by Crippen LogP contribution is 2.24. The number of ether oxygens (including phenoxy) is 2. The number of amides is 1. The van der Waals surface area contributed by atoms with Gasteiger partial charge in [0.15, 0.2) is 6.29 Å². The summed E-state index contributed by atoms with van der Waals surface area (Å²) >= 11 is 0. The molecule has 3 heterocycles. The Labute approximate surface area is 178 Å². The number of nitrogens with one attached hydrogen (secondary N) is 1. The van der Waals surface area contributed by atoms with Crippen molar-refractivity contribution >= 4 is 5.91 Å². The zero-order chi connectivity index (χ0) is 20.9. The van der Waals surface area contributed by atoms with Crippen LogP contribution in [-0.4, -0.2) is 59.2 Å². The molecule has 0 bridgehead atoms. The molecule has 30 heavy (non-hydrogen) atoms. The number of likely N-dealkylation sites (tertiary alicyclic amines) is 1. The molecule has 2 fully saturated rings. The van der Waals surface area contributed by atoms with Gasteiger partial charge in [-0.3, -0.25) is 14.4 Å². The molecule has 0 radical (unpaired) electrons. The van der Waals surface area contributed by atoms with Crippen molar-refractivity contribution in [3.05, 3.63) is 52.8 Å². The molecule has 2 aromatic rings. The Morgan fingerprint density at radius 2 is 1.93 bits per heavy atom. The Morgan fingerprint density at radius 1 is 1.17 bits per heavy atom. The highest BCUT2D eigenvalue weighted by Gasteiger charge is 2.34. The molecule has 1 amide bonds. The van der Waals surface area contributed by atoms with Gasteiger partial charge in [-0.1, -0.05) is 36.8 Å². The predicted molar refractivity (Wildman–Crippen MR) is 114 cm³/mol. The van der Waals surface area contributed by atoms with E-state index in [9.17, 15) is 4.79 Å². The number of benzene rings is 1. The van der Waals surface area contributed by atoms with Gasteiger partial charge in [-0.05, 0) is 38.8 Å². The van der Waals surface area contributed by atoms with E-state index in [0.29, 0.717) is 26.3 Å². The smallest absolute Gasteiger partial charge is 0.234 e. The van der Waals surface area contributed by atoms with Gasteiger partial charge in [0.1, 0.15) is 0 Å². The number of hydrogen-bond acceptors (Lipinski definition) is 5. The molecule has 1 aromatic heterocycles. The van der Waals surface area contributed by atoms with Crippen molar-refractivity contribution < 1.29 is 14.3 Å². The number of aryl methyl sites for hydroxylation is 1. The summed E-state index contributed by atoms with van der Waals surface area (Å²) in [5, 5.41) is 7.79. The average molecular weight is 413 g/mol. The molecule has 4 rings (SSSR count). The molecule has 0 spiro atoms. The van der Waals surface area contributed by atoms with Gasteiger partial charge in [-0.25, -0.2) is 0 Å². The second-order valence-electron chi connectivity index (χ2n) is 8.21. The lowest BCUT2D eigenvalue weighted by Gasteiger charge is -2.37. The highest BCUT2D eigenvalue weighted by atomic mass is 16.7. The summed E-state index contributed by atoms with van der Waals surface area (Å²) in [5.41, 5.74) is 4.37. The molecule has 0 saturated carbocycles. The summed E-state index contributed by atoms with van der Waals surface area (Å²) in [7, 11) is 0. The SMILES string of the molecule is Cc1nn(Cc2ccccc2)c(C)c1CNC(=O)CN1CCCCC1C1OCCO1. The first-order chi connectivity index (χ1) is 14.6. The van der Waals surface area contributed by atoms with E-state index < -0.39 is 0 Å². The van der Waals surface area contributed by atoms with E-state index in [1.165, 1.54) is 5.56 Å². The van der Waals surface area contributed by atoms with E-state index in [0.717, 1.165) is 49.3 Å². The zero-order valence-electron chi connectivity index (χ0n) is 18.0. The van der Waals surface area contributed by atoms with Crippen LogP contribution in [0.2, 0.25) is 0 Å². The quantitative estimate of drug-likeness (QED) is 0.756. The van der Waals surface area contributed by atoms with Crippen molar-refractivity contribution in [1.82, 2.24) is 20.0 Å². The number of hydrogen-bond donors (Lipinski definition) is 1. The number of rotatable bonds is 7. The molecule has 1 aromatic carbocycles. The maximum Gasteiger partial charge on any atom is 0.234 e. The molecule has 7 nitrogen and oxygen atoms in total. The molecular weight excluding hydrogens is 380 g/mol. The zero-order valence-corrected chi connectivity index (χ0v) is 18.0. The third-order valence-corrected chi connectivity index (χ3v) is 6.14. The maximum absolute atomic E-state index is 12.7. The molecule has 2 saturated heterocycles. The van der Waals surface area contributed by atoms with E-state index in [2.05, 4.69) is 34.4 Å². The van der Waals surface area contributed by atoms with Crippen LogP contribution in [0.15, 0.2) is 30.3 Å². The molecule has 2 aliphatic heterocycles. The number of nitrogens with zero attached hydrogens (tertiary/aromatic N) is 3. The van der Waals surface area contributed by atoms with Crippen LogP contribution in [0.4, 0.5) is 0 Å². The Balaban J connectivity index is 1.34. The van der Waals surface area contributed by atoms with Crippen LogP contribution in [0.1, 0.15) is 41.8 Å². The minimum Gasteiger partial charge on any atom is -0.351 e. The monoisotopic (exact) mass is 412 g/mol. The van der Waals surface area contributed by atoms with Crippen LogP contribution in [0.5, 0.6) is 0 Å². The van der Waals surface area contributed by atoms with E-state index in [1.807, 2.05) is 29.8 Å². The van der Waals surface area contributed by atoms with Gasteiger partial charge in [0, 0.05) is 17.8 Å². The Kier molecular flexibility index (Phi) is 6.82. The minimum atomic E-state index is -0.196. The van der Waals surface area contributed by atoms with Gasteiger partial charge >= 0.3 is 0 Å². The van der Waals surface area contributed by atoms with Gasteiger partial charge in [0.2, 0.25) is 5.91 Å². The lowest BCUT2D eigenvalue weighted by atomic mass is 10.0. The number of carbonyl (C=O) groups excluding carboxylic acids is 1. The average Bonchev–Trinajstić information content (AvgIpc) is 3.37. The molecule has 0 aliphatic carbocycles. The molecular formula is C23H32N4O3. The summed E-state index contributed by atoms with van der Waals surface area (Å²) in [6.07, 6.45) is 3.09. The minimum absolute atomic E-state index is 0.0366. The fourth-order valence-corrected chi connectivity index (χ4v) is 4.45. The van der Waals surface area contributed by atoms with Crippen molar-refractivity contribution in [2.24, 2.45) is 0 Å². The standard InChI is InChI=1S/C23H32N4O3/c1-17-20(18(2)27(25-17)15-19-8-4-3-5-9-19)14-24-22(28)16-26-11-7-6-10-21(26)23-29-12-13-30-23/h3-5,8-9,21,23H,6-7,10-16H2,1-2H3,(H,24,28). The first kappa shape index (κ1) is 21.0. The molecule has 1 unspecified atom stereocenters. The molecule has 1 atom stereocenters. The first-order valence-electron chi connectivity index (χ1n) is 10.9. The van der Waals surface area contributed by atoms with Crippen molar-refractivity contribution in [1.29, 1.82) is 0 Å².